The number of phenols is 2. The molecule has 6 nitrogen and oxygen atoms in total. The molecule has 0 spiro atoms. The summed E-state index contributed by atoms with van der Waals surface area (Å²) >= 11 is 0. The van der Waals surface area contributed by atoms with Gasteiger partial charge in [-0.05, 0) is 23.8 Å². The third-order valence-electron chi connectivity index (χ3n) is 3.78. The smallest absolute Gasteiger partial charge is 0.201 e. The summed E-state index contributed by atoms with van der Waals surface area (Å²) in [5, 5.41) is 20.0. The fourth-order valence-corrected chi connectivity index (χ4v) is 2.49. The molecule has 0 atom stereocenters. The minimum atomic E-state index is -0.547. The largest absolute Gasteiger partial charge is 0.504 e. The van der Waals surface area contributed by atoms with Crippen LogP contribution in [0.4, 0.5) is 0 Å². The second-order valence-corrected chi connectivity index (χ2v) is 5.21. The highest BCUT2D eigenvalue weighted by Gasteiger charge is 2.30. The zero-order valence-corrected chi connectivity index (χ0v) is 13.2. The summed E-state index contributed by atoms with van der Waals surface area (Å²) in [6.07, 6.45) is 1.67. The van der Waals surface area contributed by atoms with Crippen LogP contribution in [0.1, 0.15) is 15.9 Å². The maximum atomic E-state index is 12.6. The lowest BCUT2D eigenvalue weighted by atomic mass is 9.97. The van der Waals surface area contributed by atoms with E-state index in [1.54, 1.807) is 37.5 Å². The van der Waals surface area contributed by atoms with Gasteiger partial charge >= 0.3 is 0 Å². The molecule has 2 aromatic carbocycles. The van der Waals surface area contributed by atoms with Gasteiger partial charge in [0.2, 0.25) is 5.75 Å². The fourth-order valence-electron chi connectivity index (χ4n) is 2.49. The molecular weight excluding hydrogens is 312 g/mol. The Labute approximate surface area is 138 Å². The predicted molar refractivity (Wildman–Crippen MR) is 87.1 cm³/mol. The zero-order chi connectivity index (χ0) is 17.3. The van der Waals surface area contributed by atoms with Gasteiger partial charge in [0, 0.05) is 11.6 Å². The van der Waals surface area contributed by atoms with E-state index in [-0.39, 0.29) is 23.7 Å². The molecule has 1 aliphatic heterocycles. The number of phenolic OH excluding ortho intramolecular Hbond substituents is 2. The first kappa shape index (κ1) is 15.7. The standard InChI is InChI=1S/C18H16O6/c1-22-12-5-3-10(4-6-12)7-11-9-24-13-8-14(23-2)17(20)18(21)15(13)16(11)19/h3-8,20-21H,9H2,1-2H3. The van der Waals surface area contributed by atoms with Crippen molar-refractivity contribution in [2.75, 3.05) is 20.8 Å². The Hall–Kier alpha value is -3.15. The Kier molecular flexibility index (Phi) is 4.04. The molecule has 0 radical (unpaired) electrons. The Morgan fingerprint density at radius 1 is 1.08 bits per heavy atom. The summed E-state index contributed by atoms with van der Waals surface area (Å²) in [6.45, 7) is 0.0607. The molecular formula is C18H16O6. The van der Waals surface area contributed by atoms with Gasteiger partial charge in [0.15, 0.2) is 17.3 Å². The molecule has 24 heavy (non-hydrogen) atoms. The van der Waals surface area contributed by atoms with E-state index in [0.29, 0.717) is 11.3 Å². The van der Waals surface area contributed by atoms with E-state index in [2.05, 4.69) is 0 Å². The van der Waals surface area contributed by atoms with Crippen LogP contribution >= 0.6 is 0 Å². The maximum Gasteiger partial charge on any atom is 0.201 e. The number of ether oxygens (including phenoxy) is 3. The highest BCUT2D eigenvalue weighted by atomic mass is 16.5. The van der Waals surface area contributed by atoms with Crippen molar-refractivity contribution in [2.45, 2.75) is 0 Å². The highest BCUT2D eigenvalue weighted by Crippen LogP contribution is 2.46. The lowest BCUT2D eigenvalue weighted by molar-refractivity contribution is 0.0996. The van der Waals surface area contributed by atoms with Crippen LogP contribution in [-0.4, -0.2) is 36.8 Å². The minimum absolute atomic E-state index is 0.0432. The molecule has 0 saturated heterocycles. The third-order valence-corrected chi connectivity index (χ3v) is 3.78. The zero-order valence-electron chi connectivity index (χ0n) is 13.2. The van der Waals surface area contributed by atoms with Crippen LogP contribution in [-0.2, 0) is 0 Å². The molecule has 2 aromatic rings. The van der Waals surface area contributed by atoms with E-state index < -0.39 is 17.3 Å². The van der Waals surface area contributed by atoms with Crippen molar-refractivity contribution < 1.29 is 29.2 Å². The number of Topliss-reactive ketones (excluding diaryl/α,β-unsaturated/α-hetero) is 1. The number of hydrogen-bond donors (Lipinski definition) is 2. The fraction of sp³-hybridized carbons (Fsp3) is 0.167. The minimum Gasteiger partial charge on any atom is -0.504 e. The van der Waals surface area contributed by atoms with Crippen molar-refractivity contribution in [3.63, 3.8) is 0 Å². The lowest BCUT2D eigenvalue weighted by Gasteiger charge is -2.21. The number of carbonyl (C=O) groups is 1. The van der Waals surface area contributed by atoms with Gasteiger partial charge in [-0.15, -0.1) is 0 Å². The van der Waals surface area contributed by atoms with E-state index >= 15 is 0 Å². The van der Waals surface area contributed by atoms with Crippen LogP contribution < -0.4 is 14.2 Å². The highest BCUT2D eigenvalue weighted by molar-refractivity contribution is 6.16. The first-order chi connectivity index (χ1) is 11.5. The average Bonchev–Trinajstić information content (AvgIpc) is 2.60. The van der Waals surface area contributed by atoms with E-state index in [1.165, 1.54) is 13.2 Å². The molecule has 124 valence electrons. The summed E-state index contributed by atoms with van der Waals surface area (Å²) < 4.78 is 15.6. The van der Waals surface area contributed by atoms with Crippen molar-refractivity contribution in [2.24, 2.45) is 0 Å². The second kappa shape index (κ2) is 6.16. The van der Waals surface area contributed by atoms with Gasteiger partial charge in [0.05, 0.1) is 14.2 Å². The number of hydrogen-bond acceptors (Lipinski definition) is 6. The van der Waals surface area contributed by atoms with Gasteiger partial charge in [-0.2, -0.15) is 0 Å². The second-order valence-electron chi connectivity index (χ2n) is 5.21. The Balaban J connectivity index is 1.99. The molecule has 0 bridgehead atoms. The first-order valence-electron chi connectivity index (χ1n) is 7.20. The molecule has 1 aliphatic rings. The van der Waals surface area contributed by atoms with Crippen LogP contribution in [0.5, 0.6) is 28.7 Å². The average molecular weight is 328 g/mol. The van der Waals surface area contributed by atoms with Crippen LogP contribution in [0.2, 0.25) is 0 Å². The summed E-state index contributed by atoms with van der Waals surface area (Å²) in [6, 6.07) is 8.55. The normalized spacial score (nSPS) is 14.9. The van der Waals surface area contributed by atoms with Crippen LogP contribution in [0.3, 0.4) is 0 Å². The van der Waals surface area contributed by atoms with Gasteiger partial charge in [-0.25, -0.2) is 0 Å². The summed E-state index contributed by atoms with van der Waals surface area (Å²) in [5.41, 5.74) is 1.09. The topological polar surface area (TPSA) is 85.2 Å². The first-order valence-corrected chi connectivity index (χ1v) is 7.20. The molecule has 0 fully saturated rings. The number of rotatable bonds is 3. The van der Waals surface area contributed by atoms with Crippen molar-refractivity contribution >= 4 is 11.9 Å². The van der Waals surface area contributed by atoms with Crippen molar-refractivity contribution in [1.82, 2.24) is 0 Å². The molecule has 0 aromatic heterocycles. The summed E-state index contributed by atoms with van der Waals surface area (Å²) in [5.74, 6) is -0.500. The summed E-state index contributed by atoms with van der Waals surface area (Å²) in [7, 11) is 2.92. The number of benzene rings is 2. The quantitative estimate of drug-likeness (QED) is 0.666. The number of carbonyl (C=O) groups excluding carboxylic acids is 1. The number of aromatic hydroxyl groups is 2. The van der Waals surface area contributed by atoms with Crippen molar-refractivity contribution in [1.29, 1.82) is 0 Å². The number of fused-ring (bicyclic) bond motifs is 1. The molecule has 0 saturated carbocycles. The molecule has 0 aliphatic carbocycles. The Morgan fingerprint density at radius 2 is 1.79 bits per heavy atom. The van der Waals surface area contributed by atoms with Crippen molar-refractivity contribution in [3.05, 3.63) is 47.0 Å². The van der Waals surface area contributed by atoms with Crippen molar-refractivity contribution in [3.8, 4) is 28.7 Å². The maximum absolute atomic E-state index is 12.6. The Morgan fingerprint density at radius 3 is 2.42 bits per heavy atom. The summed E-state index contributed by atoms with van der Waals surface area (Å²) in [4.78, 5) is 12.6. The molecule has 1 heterocycles. The number of methoxy groups -OCH3 is 2. The molecule has 0 amide bonds. The van der Waals surface area contributed by atoms with E-state index in [1.807, 2.05) is 0 Å². The van der Waals surface area contributed by atoms with Gasteiger partial charge < -0.3 is 24.4 Å². The van der Waals surface area contributed by atoms with Gasteiger partial charge in [0.1, 0.15) is 23.7 Å². The Bertz CT molecular complexity index is 820. The SMILES string of the molecule is COc1ccc(C=C2COc3cc(OC)c(O)c(O)c3C2=O)cc1. The lowest BCUT2D eigenvalue weighted by Crippen LogP contribution is -2.19. The van der Waals surface area contributed by atoms with E-state index in [0.717, 1.165) is 5.56 Å². The number of ketones is 1. The monoisotopic (exact) mass is 328 g/mol. The molecule has 6 heteroatoms. The van der Waals surface area contributed by atoms with Crippen LogP contribution in [0.15, 0.2) is 35.9 Å². The van der Waals surface area contributed by atoms with E-state index in [9.17, 15) is 15.0 Å². The van der Waals surface area contributed by atoms with Gasteiger partial charge in [0.25, 0.3) is 0 Å². The third kappa shape index (κ3) is 2.62. The van der Waals surface area contributed by atoms with Gasteiger partial charge in [-0.1, -0.05) is 12.1 Å². The van der Waals surface area contributed by atoms with Crippen LogP contribution in [0, 0.1) is 0 Å². The van der Waals surface area contributed by atoms with Gasteiger partial charge in [-0.3, -0.25) is 4.79 Å². The predicted octanol–water partition coefficient (Wildman–Crippen LogP) is 2.77. The van der Waals surface area contributed by atoms with E-state index in [4.69, 9.17) is 14.2 Å². The van der Waals surface area contributed by atoms with Crippen LogP contribution in [0.25, 0.3) is 6.08 Å². The molecule has 3 rings (SSSR count). The molecule has 0 unspecified atom stereocenters. The molecule has 2 N–H and O–H groups in total.